The summed E-state index contributed by atoms with van der Waals surface area (Å²) in [6.07, 6.45) is 3.44. The minimum Gasteiger partial charge on any atom is -0.335 e. The molecule has 0 atom stereocenters. The molecule has 0 saturated heterocycles. The molecule has 1 amide bonds. The SMILES string of the molecule is Cc1c(Cl)cccc1-n1c(SCC(=O)N(Cc2ccccc2)C(C)C)nnc1-c1ccncc1. The molecule has 0 aliphatic rings. The summed E-state index contributed by atoms with van der Waals surface area (Å²) in [4.78, 5) is 19.2. The minimum absolute atomic E-state index is 0.0479. The van der Waals surface area contributed by atoms with E-state index in [1.54, 1.807) is 12.4 Å². The molecular weight excluding hydrogens is 466 g/mol. The quantitative estimate of drug-likeness (QED) is 0.290. The number of hydrogen-bond donors (Lipinski definition) is 0. The molecule has 0 aliphatic carbocycles. The standard InChI is InChI=1S/C26H26ClN5OS/c1-18(2)31(16-20-8-5-4-6-9-20)24(33)17-34-26-30-29-25(21-12-14-28-15-13-21)32(26)23-11-7-10-22(27)19(23)3/h4-15,18H,16-17H2,1-3H3. The van der Waals surface area contributed by atoms with Crippen LogP contribution >= 0.6 is 23.4 Å². The fourth-order valence-electron chi connectivity index (χ4n) is 3.65. The Hall–Kier alpha value is -3.16. The zero-order valence-corrected chi connectivity index (χ0v) is 20.9. The van der Waals surface area contributed by atoms with Crippen LogP contribution in [-0.2, 0) is 11.3 Å². The molecule has 0 bridgehead atoms. The lowest BCUT2D eigenvalue weighted by atomic mass is 10.2. The van der Waals surface area contributed by atoms with E-state index in [0.29, 0.717) is 22.5 Å². The third kappa shape index (κ3) is 5.32. The van der Waals surface area contributed by atoms with Crippen LogP contribution in [0.15, 0.2) is 78.2 Å². The summed E-state index contributed by atoms with van der Waals surface area (Å²) < 4.78 is 1.96. The normalized spacial score (nSPS) is 11.1. The van der Waals surface area contributed by atoms with E-state index in [-0.39, 0.29) is 17.7 Å². The van der Waals surface area contributed by atoms with Gasteiger partial charge in [0.15, 0.2) is 11.0 Å². The highest BCUT2D eigenvalue weighted by atomic mass is 35.5. The van der Waals surface area contributed by atoms with Gasteiger partial charge in [-0.3, -0.25) is 14.3 Å². The average molecular weight is 492 g/mol. The van der Waals surface area contributed by atoms with Gasteiger partial charge in [0.1, 0.15) is 0 Å². The Morgan fingerprint density at radius 1 is 1.03 bits per heavy atom. The molecule has 2 aromatic heterocycles. The van der Waals surface area contributed by atoms with Crippen LogP contribution in [0.2, 0.25) is 5.02 Å². The largest absolute Gasteiger partial charge is 0.335 e. The first-order valence-corrected chi connectivity index (χ1v) is 12.4. The van der Waals surface area contributed by atoms with Gasteiger partial charge in [-0.05, 0) is 56.2 Å². The number of halogens is 1. The van der Waals surface area contributed by atoms with Gasteiger partial charge in [-0.2, -0.15) is 0 Å². The topological polar surface area (TPSA) is 63.9 Å². The number of nitrogens with zero attached hydrogens (tertiary/aromatic N) is 5. The van der Waals surface area contributed by atoms with Crippen LogP contribution in [0.25, 0.3) is 17.1 Å². The summed E-state index contributed by atoms with van der Waals surface area (Å²) in [6, 6.07) is 19.6. The molecule has 0 aliphatic heterocycles. The van der Waals surface area contributed by atoms with Crippen molar-refractivity contribution in [2.75, 3.05) is 5.75 Å². The minimum atomic E-state index is 0.0479. The number of carbonyl (C=O) groups excluding carboxylic acids is 1. The predicted octanol–water partition coefficient (Wildman–Crippen LogP) is 5.82. The van der Waals surface area contributed by atoms with E-state index in [4.69, 9.17) is 11.6 Å². The zero-order valence-electron chi connectivity index (χ0n) is 19.4. The monoisotopic (exact) mass is 491 g/mol. The van der Waals surface area contributed by atoms with Crippen molar-refractivity contribution in [1.29, 1.82) is 0 Å². The maximum Gasteiger partial charge on any atom is 0.233 e. The van der Waals surface area contributed by atoms with Crippen LogP contribution in [0.4, 0.5) is 0 Å². The maximum atomic E-state index is 13.2. The van der Waals surface area contributed by atoms with Crippen molar-refractivity contribution in [2.24, 2.45) is 0 Å². The van der Waals surface area contributed by atoms with Crippen LogP contribution in [0.3, 0.4) is 0 Å². The van der Waals surface area contributed by atoms with Crippen LogP contribution in [0.1, 0.15) is 25.0 Å². The molecule has 4 rings (SSSR count). The van der Waals surface area contributed by atoms with Crippen LogP contribution in [0.5, 0.6) is 0 Å². The molecule has 8 heteroatoms. The summed E-state index contributed by atoms with van der Waals surface area (Å²) in [7, 11) is 0. The first-order valence-electron chi connectivity index (χ1n) is 11.0. The van der Waals surface area contributed by atoms with Gasteiger partial charge in [0, 0.05) is 35.6 Å². The fourth-order valence-corrected chi connectivity index (χ4v) is 4.66. The molecule has 0 N–H and O–H groups in total. The number of pyridine rings is 1. The van der Waals surface area contributed by atoms with Crippen LogP contribution in [0, 0.1) is 6.92 Å². The van der Waals surface area contributed by atoms with E-state index in [2.05, 4.69) is 15.2 Å². The van der Waals surface area contributed by atoms with E-state index in [0.717, 1.165) is 22.4 Å². The lowest BCUT2D eigenvalue weighted by Gasteiger charge is -2.27. The molecular formula is C26H26ClN5OS. The van der Waals surface area contributed by atoms with Crippen molar-refractivity contribution < 1.29 is 4.79 Å². The first kappa shape index (κ1) is 24.0. The Balaban J connectivity index is 1.63. The molecule has 0 saturated carbocycles. The second-order valence-corrected chi connectivity index (χ2v) is 9.50. The molecule has 2 heterocycles. The van der Waals surface area contributed by atoms with Gasteiger partial charge in [-0.15, -0.1) is 10.2 Å². The van der Waals surface area contributed by atoms with Crippen molar-refractivity contribution in [3.05, 3.63) is 89.2 Å². The Labute approximate surface area is 209 Å². The highest BCUT2D eigenvalue weighted by Crippen LogP contribution is 2.31. The van der Waals surface area contributed by atoms with Crippen molar-refractivity contribution in [1.82, 2.24) is 24.6 Å². The van der Waals surface area contributed by atoms with E-state index >= 15 is 0 Å². The van der Waals surface area contributed by atoms with Crippen molar-refractivity contribution in [3.63, 3.8) is 0 Å². The number of rotatable bonds is 8. The van der Waals surface area contributed by atoms with Gasteiger partial charge >= 0.3 is 0 Å². The molecule has 4 aromatic rings. The fraction of sp³-hybridized carbons (Fsp3) is 0.231. The summed E-state index contributed by atoms with van der Waals surface area (Å²) in [5.41, 5.74) is 3.78. The summed E-state index contributed by atoms with van der Waals surface area (Å²) >= 11 is 7.81. The summed E-state index contributed by atoms with van der Waals surface area (Å²) in [5.74, 6) is 0.971. The molecule has 0 unspecified atom stereocenters. The van der Waals surface area contributed by atoms with Gasteiger partial charge in [0.2, 0.25) is 5.91 Å². The lowest BCUT2D eigenvalue weighted by Crippen LogP contribution is -2.37. The molecule has 0 fully saturated rings. The Kier molecular flexibility index (Phi) is 7.65. The zero-order chi connectivity index (χ0) is 24.1. The Morgan fingerprint density at radius 2 is 1.76 bits per heavy atom. The van der Waals surface area contributed by atoms with Gasteiger partial charge in [-0.1, -0.05) is 59.8 Å². The molecule has 6 nitrogen and oxygen atoms in total. The van der Waals surface area contributed by atoms with E-state index < -0.39 is 0 Å². The highest BCUT2D eigenvalue weighted by molar-refractivity contribution is 7.99. The predicted molar refractivity (Wildman–Crippen MR) is 137 cm³/mol. The maximum absolute atomic E-state index is 13.2. The molecule has 34 heavy (non-hydrogen) atoms. The number of aromatic nitrogens is 4. The van der Waals surface area contributed by atoms with E-state index in [1.807, 2.05) is 90.9 Å². The van der Waals surface area contributed by atoms with E-state index in [9.17, 15) is 4.79 Å². The summed E-state index contributed by atoms with van der Waals surface area (Å²) in [6.45, 7) is 6.60. The lowest BCUT2D eigenvalue weighted by molar-refractivity contribution is -0.130. The molecule has 0 radical (unpaired) electrons. The molecule has 0 spiro atoms. The van der Waals surface area contributed by atoms with Crippen LogP contribution < -0.4 is 0 Å². The third-order valence-electron chi connectivity index (χ3n) is 5.52. The summed E-state index contributed by atoms with van der Waals surface area (Å²) in [5, 5.41) is 10.2. The third-order valence-corrected chi connectivity index (χ3v) is 6.84. The van der Waals surface area contributed by atoms with Crippen LogP contribution in [-0.4, -0.2) is 42.4 Å². The molecule has 2 aromatic carbocycles. The second-order valence-electron chi connectivity index (χ2n) is 8.15. The van der Waals surface area contributed by atoms with Crippen molar-refractivity contribution in [3.8, 4) is 17.1 Å². The highest BCUT2D eigenvalue weighted by Gasteiger charge is 2.22. The number of carbonyl (C=O) groups is 1. The number of amides is 1. The Bertz CT molecular complexity index is 1260. The van der Waals surface area contributed by atoms with Gasteiger partial charge in [0.05, 0.1) is 11.4 Å². The smallest absolute Gasteiger partial charge is 0.233 e. The number of thioether (sulfide) groups is 1. The number of benzene rings is 2. The van der Waals surface area contributed by atoms with Gasteiger partial charge in [-0.25, -0.2) is 0 Å². The Morgan fingerprint density at radius 3 is 2.47 bits per heavy atom. The van der Waals surface area contributed by atoms with Gasteiger partial charge in [0.25, 0.3) is 0 Å². The van der Waals surface area contributed by atoms with Crippen molar-refractivity contribution in [2.45, 2.75) is 38.5 Å². The molecule has 174 valence electrons. The average Bonchev–Trinajstić information content (AvgIpc) is 3.27. The number of hydrogen-bond acceptors (Lipinski definition) is 5. The van der Waals surface area contributed by atoms with Crippen molar-refractivity contribution >= 4 is 29.3 Å². The van der Waals surface area contributed by atoms with Gasteiger partial charge < -0.3 is 4.90 Å². The first-order chi connectivity index (χ1) is 16.5. The van der Waals surface area contributed by atoms with E-state index in [1.165, 1.54) is 11.8 Å². The second kappa shape index (κ2) is 10.8.